The van der Waals surface area contributed by atoms with Crippen molar-refractivity contribution >= 4 is 0 Å². The summed E-state index contributed by atoms with van der Waals surface area (Å²) in [6, 6.07) is 8.02. The van der Waals surface area contributed by atoms with E-state index in [1.54, 1.807) is 0 Å². The molecular formula is C17H25NO3. The molecule has 3 rings (SSSR count). The number of nitrogens with two attached hydrogens (primary N) is 1. The van der Waals surface area contributed by atoms with Crippen LogP contribution < -0.4 is 10.5 Å². The Bertz CT molecular complexity index is 461. The summed E-state index contributed by atoms with van der Waals surface area (Å²) in [5, 5.41) is 0. The minimum Gasteiger partial charge on any atom is -0.490 e. The molecular weight excluding hydrogens is 266 g/mol. The highest BCUT2D eigenvalue weighted by Crippen LogP contribution is 2.37. The second-order valence-electron chi connectivity index (χ2n) is 5.98. The third kappa shape index (κ3) is 3.39. The van der Waals surface area contributed by atoms with Gasteiger partial charge in [0.15, 0.2) is 0 Å². The van der Waals surface area contributed by atoms with Gasteiger partial charge in [-0.2, -0.15) is 0 Å². The maximum atomic E-state index is 6.57. The summed E-state index contributed by atoms with van der Waals surface area (Å²) >= 11 is 0. The highest BCUT2D eigenvalue weighted by molar-refractivity contribution is 5.32. The Morgan fingerprint density at radius 2 is 2.10 bits per heavy atom. The van der Waals surface area contributed by atoms with E-state index >= 15 is 0 Å². The van der Waals surface area contributed by atoms with Crippen molar-refractivity contribution in [1.82, 2.24) is 0 Å². The lowest BCUT2D eigenvalue weighted by Crippen LogP contribution is -2.48. The molecule has 1 aromatic rings. The Morgan fingerprint density at radius 1 is 1.33 bits per heavy atom. The summed E-state index contributed by atoms with van der Waals surface area (Å²) in [6.45, 7) is 4.13. The summed E-state index contributed by atoms with van der Waals surface area (Å²) in [7, 11) is 0. The van der Waals surface area contributed by atoms with Gasteiger partial charge >= 0.3 is 0 Å². The third-order valence-corrected chi connectivity index (χ3v) is 4.38. The van der Waals surface area contributed by atoms with Crippen molar-refractivity contribution in [2.24, 2.45) is 5.73 Å². The molecule has 1 aliphatic carbocycles. The van der Waals surface area contributed by atoms with Gasteiger partial charge in [-0.15, -0.1) is 0 Å². The Balaban J connectivity index is 1.79. The first-order valence-corrected chi connectivity index (χ1v) is 7.97. The normalized spacial score (nSPS) is 22.8. The van der Waals surface area contributed by atoms with E-state index in [4.69, 9.17) is 19.9 Å². The molecule has 1 aliphatic heterocycles. The van der Waals surface area contributed by atoms with Crippen LogP contribution in [-0.4, -0.2) is 31.5 Å². The maximum absolute atomic E-state index is 6.57. The quantitative estimate of drug-likeness (QED) is 0.875. The van der Waals surface area contributed by atoms with Crippen molar-refractivity contribution in [3.05, 3.63) is 29.8 Å². The number of benzene rings is 1. The molecule has 4 nitrogen and oxygen atoms in total. The maximum Gasteiger partial charge on any atom is 0.120 e. The molecule has 2 fully saturated rings. The molecule has 0 aromatic heterocycles. The fourth-order valence-electron chi connectivity index (χ4n) is 3.01. The van der Waals surface area contributed by atoms with Gasteiger partial charge in [0.2, 0.25) is 0 Å². The van der Waals surface area contributed by atoms with E-state index in [0.29, 0.717) is 25.9 Å². The predicted molar refractivity (Wildman–Crippen MR) is 81.4 cm³/mol. The topological polar surface area (TPSA) is 53.7 Å². The van der Waals surface area contributed by atoms with Crippen molar-refractivity contribution in [3.8, 4) is 5.75 Å². The number of hydrogen-bond acceptors (Lipinski definition) is 4. The van der Waals surface area contributed by atoms with Gasteiger partial charge in [-0.3, -0.25) is 0 Å². The molecule has 1 atom stereocenters. The molecule has 0 spiro atoms. The second-order valence-corrected chi connectivity index (χ2v) is 5.98. The second kappa shape index (κ2) is 6.34. The fourth-order valence-corrected chi connectivity index (χ4v) is 3.01. The van der Waals surface area contributed by atoms with Crippen molar-refractivity contribution in [2.75, 3.05) is 19.8 Å². The van der Waals surface area contributed by atoms with Gasteiger partial charge in [-0.25, -0.2) is 0 Å². The average Bonchev–Trinajstić information content (AvgIpc) is 3.32. The molecule has 1 saturated heterocycles. The van der Waals surface area contributed by atoms with Gasteiger partial charge in [0.25, 0.3) is 0 Å². The van der Waals surface area contributed by atoms with Crippen LogP contribution in [0, 0.1) is 0 Å². The lowest BCUT2D eigenvalue weighted by Gasteiger charge is -2.41. The van der Waals surface area contributed by atoms with E-state index in [1.165, 1.54) is 0 Å². The largest absolute Gasteiger partial charge is 0.490 e. The van der Waals surface area contributed by atoms with Crippen molar-refractivity contribution in [2.45, 2.75) is 50.4 Å². The zero-order valence-electron chi connectivity index (χ0n) is 12.7. The Kier molecular flexibility index (Phi) is 4.48. The van der Waals surface area contributed by atoms with Crippen LogP contribution in [0.2, 0.25) is 0 Å². The summed E-state index contributed by atoms with van der Waals surface area (Å²) in [5.41, 5.74) is 7.34. The fraction of sp³-hybridized carbons (Fsp3) is 0.647. The van der Waals surface area contributed by atoms with E-state index < -0.39 is 0 Å². The van der Waals surface area contributed by atoms with Crippen LogP contribution in [0.15, 0.2) is 24.3 Å². The number of hydrogen-bond donors (Lipinski definition) is 1. The molecule has 2 aliphatic rings. The Morgan fingerprint density at radius 3 is 2.76 bits per heavy atom. The van der Waals surface area contributed by atoms with E-state index in [-0.39, 0.29) is 11.6 Å². The summed E-state index contributed by atoms with van der Waals surface area (Å²) in [6.07, 6.45) is 4.42. The first-order chi connectivity index (χ1) is 10.2. The summed E-state index contributed by atoms with van der Waals surface area (Å²) in [4.78, 5) is 0. The number of ether oxygens (including phenoxy) is 3. The minimum atomic E-state index is -0.314. The first kappa shape index (κ1) is 14.8. The summed E-state index contributed by atoms with van der Waals surface area (Å²) < 4.78 is 17.4. The molecule has 1 saturated carbocycles. The van der Waals surface area contributed by atoms with Gasteiger partial charge in [0.05, 0.1) is 17.7 Å². The van der Waals surface area contributed by atoms with Crippen molar-refractivity contribution in [3.63, 3.8) is 0 Å². The molecule has 2 N–H and O–H groups in total. The lowest BCUT2D eigenvalue weighted by molar-refractivity contribution is -0.121. The Hall–Kier alpha value is -1.10. The molecule has 0 bridgehead atoms. The van der Waals surface area contributed by atoms with Gasteiger partial charge in [-0.05, 0) is 37.5 Å². The van der Waals surface area contributed by atoms with Crippen LogP contribution >= 0.6 is 0 Å². The van der Waals surface area contributed by atoms with Crippen LogP contribution in [-0.2, 0) is 9.47 Å². The summed E-state index contributed by atoms with van der Waals surface area (Å²) in [5.74, 6) is 0.921. The monoisotopic (exact) mass is 291 g/mol. The smallest absolute Gasteiger partial charge is 0.120 e. The van der Waals surface area contributed by atoms with Gasteiger partial charge in [0, 0.05) is 32.7 Å². The van der Waals surface area contributed by atoms with Crippen LogP contribution in [0.3, 0.4) is 0 Å². The van der Waals surface area contributed by atoms with Crippen LogP contribution in [0.1, 0.15) is 44.2 Å². The molecule has 21 heavy (non-hydrogen) atoms. The molecule has 1 heterocycles. The minimum absolute atomic E-state index is 0.149. The third-order valence-electron chi connectivity index (χ3n) is 4.38. The van der Waals surface area contributed by atoms with Gasteiger partial charge in [0.1, 0.15) is 5.75 Å². The molecule has 4 heteroatoms. The first-order valence-electron chi connectivity index (χ1n) is 7.97. The van der Waals surface area contributed by atoms with Crippen LogP contribution in [0.25, 0.3) is 0 Å². The standard InChI is InChI=1S/C17H25NO3/c1-2-20-17(8-10-19-11-9-17)16(18)13-4-3-5-15(12-13)21-14-6-7-14/h3-5,12,14,16H,2,6-11,18H2,1H3. The van der Waals surface area contributed by atoms with E-state index in [0.717, 1.165) is 37.0 Å². The van der Waals surface area contributed by atoms with Crippen molar-refractivity contribution < 1.29 is 14.2 Å². The highest BCUT2D eigenvalue weighted by atomic mass is 16.5. The van der Waals surface area contributed by atoms with E-state index in [2.05, 4.69) is 12.1 Å². The zero-order valence-corrected chi connectivity index (χ0v) is 12.7. The lowest BCUT2D eigenvalue weighted by atomic mass is 9.82. The van der Waals surface area contributed by atoms with Gasteiger partial charge in [-0.1, -0.05) is 12.1 Å². The van der Waals surface area contributed by atoms with Gasteiger partial charge < -0.3 is 19.9 Å². The van der Waals surface area contributed by atoms with Crippen LogP contribution in [0.4, 0.5) is 0 Å². The Labute approximate surface area is 126 Å². The molecule has 1 aromatic carbocycles. The van der Waals surface area contributed by atoms with Crippen molar-refractivity contribution in [1.29, 1.82) is 0 Å². The molecule has 0 amide bonds. The zero-order chi connectivity index (χ0) is 14.7. The molecule has 116 valence electrons. The highest BCUT2D eigenvalue weighted by Gasteiger charge is 2.40. The van der Waals surface area contributed by atoms with Crippen LogP contribution in [0.5, 0.6) is 5.75 Å². The molecule has 0 radical (unpaired) electrons. The molecule has 1 unspecified atom stereocenters. The predicted octanol–water partition coefficient (Wildman–Crippen LogP) is 2.81. The SMILES string of the molecule is CCOC1(C(N)c2cccc(OC3CC3)c2)CCOCC1. The number of rotatable bonds is 6. The average molecular weight is 291 g/mol. The van der Waals surface area contributed by atoms with E-state index in [9.17, 15) is 0 Å². The van der Waals surface area contributed by atoms with E-state index in [1.807, 2.05) is 19.1 Å².